The van der Waals surface area contributed by atoms with Crippen LogP contribution in [0.2, 0.25) is 0 Å². The van der Waals surface area contributed by atoms with E-state index in [-0.39, 0.29) is 0 Å². The van der Waals surface area contributed by atoms with Gasteiger partial charge in [0, 0.05) is 38.3 Å². The van der Waals surface area contributed by atoms with Gasteiger partial charge in [-0.05, 0) is 56.6 Å². The zero-order valence-electron chi connectivity index (χ0n) is 16.4. The molecule has 2 saturated heterocycles. The normalized spacial score (nSPS) is 32.2. The summed E-state index contributed by atoms with van der Waals surface area (Å²) in [6.45, 7) is 10.0. The monoisotopic (exact) mass is 354 g/mol. The molecule has 4 rings (SSSR count). The molecule has 3 fully saturated rings. The fourth-order valence-electron chi connectivity index (χ4n) is 4.79. The molecule has 1 N–H and O–H groups in total. The molecular formula is C22H34N4. The average Bonchev–Trinajstić information content (AvgIpc) is 3.37. The van der Waals surface area contributed by atoms with Gasteiger partial charge in [-0.15, -0.1) is 0 Å². The molecule has 1 aromatic rings. The van der Waals surface area contributed by atoms with Gasteiger partial charge < -0.3 is 10.2 Å². The summed E-state index contributed by atoms with van der Waals surface area (Å²) in [5.41, 5.74) is 1.45. The largest absolute Gasteiger partial charge is 0.353 e. The van der Waals surface area contributed by atoms with Gasteiger partial charge in [0.05, 0.1) is 0 Å². The summed E-state index contributed by atoms with van der Waals surface area (Å²) in [5.74, 6) is 2.76. The van der Waals surface area contributed by atoms with Gasteiger partial charge in [0.15, 0.2) is 5.96 Å². The van der Waals surface area contributed by atoms with Crippen LogP contribution in [0.25, 0.3) is 0 Å². The molecule has 0 spiro atoms. The number of fused-ring (bicyclic) bond motifs is 1. The van der Waals surface area contributed by atoms with E-state index in [1.807, 2.05) is 0 Å². The van der Waals surface area contributed by atoms with Crippen molar-refractivity contribution in [2.24, 2.45) is 16.8 Å². The van der Waals surface area contributed by atoms with E-state index in [0.717, 1.165) is 37.5 Å². The highest BCUT2D eigenvalue weighted by Gasteiger charge is 2.39. The summed E-state index contributed by atoms with van der Waals surface area (Å²) in [6.07, 6.45) is 5.26. The lowest BCUT2D eigenvalue weighted by molar-refractivity contribution is 0.0372. The number of likely N-dealkylation sites (tertiary alicyclic amines) is 2. The van der Waals surface area contributed by atoms with Gasteiger partial charge in [0.25, 0.3) is 0 Å². The van der Waals surface area contributed by atoms with Gasteiger partial charge in [0.2, 0.25) is 0 Å². The van der Waals surface area contributed by atoms with Crippen molar-refractivity contribution in [1.29, 1.82) is 0 Å². The third kappa shape index (κ3) is 4.06. The van der Waals surface area contributed by atoms with E-state index in [1.54, 1.807) is 0 Å². The van der Waals surface area contributed by atoms with Crippen molar-refractivity contribution in [1.82, 2.24) is 15.1 Å². The van der Waals surface area contributed by atoms with E-state index < -0.39 is 0 Å². The van der Waals surface area contributed by atoms with Crippen LogP contribution in [0, 0.1) is 11.8 Å². The van der Waals surface area contributed by atoms with Crippen molar-refractivity contribution >= 4 is 5.96 Å². The summed E-state index contributed by atoms with van der Waals surface area (Å²) >= 11 is 0. The maximum absolute atomic E-state index is 4.80. The summed E-state index contributed by atoms with van der Waals surface area (Å²) in [6, 6.07) is 12.4. The van der Waals surface area contributed by atoms with Crippen molar-refractivity contribution in [3.05, 3.63) is 35.9 Å². The Labute approximate surface area is 158 Å². The molecule has 1 aromatic carbocycles. The highest BCUT2D eigenvalue weighted by atomic mass is 15.3. The first-order valence-electron chi connectivity index (χ1n) is 10.6. The van der Waals surface area contributed by atoms with Crippen molar-refractivity contribution in [3.63, 3.8) is 0 Å². The summed E-state index contributed by atoms with van der Waals surface area (Å²) in [4.78, 5) is 10.1. The Morgan fingerprint density at radius 2 is 2.00 bits per heavy atom. The molecule has 2 heterocycles. The highest BCUT2D eigenvalue weighted by Crippen LogP contribution is 2.33. The van der Waals surface area contributed by atoms with Crippen LogP contribution in [0.3, 0.4) is 0 Å². The Balaban J connectivity index is 1.39. The van der Waals surface area contributed by atoms with E-state index in [1.165, 1.54) is 50.3 Å². The quantitative estimate of drug-likeness (QED) is 0.664. The molecule has 26 heavy (non-hydrogen) atoms. The summed E-state index contributed by atoms with van der Waals surface area (Å²) < 4.78 is 0. The molecule has 3 aliphatic rings. The second-order valence-corrected chi connectivity index (χ2v) is 8.42. The lowest BCUT2D eigenvalue weighted by Crippen LogP contribution is -2.57. The number of hydrogen-bond acceptors (Lipinski definition) is 2. The van der Waals surface area contributed by atoms with Crippen molar-refractivity contribution < 1.29 is 0 Å². The Kier molecular flexibility index (Phi) is 5.49. The Morgan fingerprint density at radius 3 is 2.73 bits per heavy atom. The van der Waals surface area contributed by atoms with E-state index in [9.17, 15) is 0 Å². The lowest BCUT2D eigenvalue weighted by Gasteiger charge is -2.48. The van der Waals surface area contributed by atoms with E-state index in [4.69, 9.17) is 4.99 Å². The minimum absolute atomic E-state index is 0.652. The van der Waals surface area contributed by atoms with Crippen LogP contribution in [0.5, 0.6) is 0 Å². The number of nitrogens with zero attached hydrogens (tertiary/aromatic N) is 3. The Morgan fingerprint density at radius 1 is 1.19 bits per heavy atom. The zero-order valence-corrected chi connectivity index (χ0v) is 16.4. The SMILES string of the molecule is CCN=C(NC1CC1C)N1CCC2C(CCCN2Cc2ccccc2)C1. The Bertz CT molecular complexity index is 614. The predicted molar refractivity (Wildman–Crippen MR) is 108 cm³/mol. The van der Waals surface area contributed by atoms with Crippen molar-refractivity contribution in [2.75, 3.05) is 26.2 Å². The van der Waals surface area contributed by atoms with Gasteiger partial charge in [-0.2, -0.15) is 0 Å². The van der Waals surface area contributed by atoms with Crippen LogP contribution in [-0.2, 0) is 6.54 Å². The molecule has 0 radical (unpaired) electrons. The van der Waals surface area contributed by atoms with Gasteiger partial charge >= 0.3 is 0 Å². The summed E-state index contributed by atoms with van der Waals surface area (Å²) in [7, 11) is 0. The van der Waals surface area contributed by atoms with Crippen molar-refractivity contribution in [2.45, 2.75) is 58.2 Å². The number of rotatable bonds is 4. The number of benzene rings is 1. The molecule has 4 unspecified atom stereocenters. The predicted octanol–water partition coefficient (Wildman–Crippen LogP) is 3.35. The maximum Gasteiger partial charge on any atom is 0.194 e. The van der Waals surface area contributed by atoms with Crippen LogP contribution in [0.15, 0.2) is 35.3 Å². The molecule has 0 bridgehead atoms. The zero-order chi connectivity index (χ0) is 17.9. The smallest absolute Gasteiger partial charge is 0.194 e. The number of hydrogen-bond donors (Lipinski definition) is 1. The van der Waals surface area contributed by atoms with Crippen LogP contribution in [0.1, 0.15) is 45.1 Å². The van der Waals surface area contributed by atoms with Gasteiger partial charge in [-0.25, -0.2) is 0 Å². The Hall–Kier alpha value is -1.55. The second kappa shape index (κ2) is 7.99. The van der Waals surface area contributed by atoms with E-state index >= 15 is 0 Å². The topological polar surface area (TPSA) is 30.9 Å². The molecule has 0 amide bonds. The van der Waals surface area contributed by atoms with Crippen LogP contribution >= 0.6 is 0 Å². The van der Waals surface area contributed by atoms with Gasteiger partial charge in [0.1, 0.15) is 0 Å². The molecule has 142 valence electrons. The molecule has 2 aliphatic heterocycles. The van der Waals surface area contributed by atoms with Crippen LogP contribution in [-0.4, -0.2) is 54.0 Å². The minimum Gasteiger partial charge on any atom is -0.353 e. The van der Waals surface area contributed by atoms with E-state index in [0.29, 0.717) is 6.04 Å². The fraction of sp³-hybridized carbons (Fsp3) is 0.682. The van der Waals surface area contributed by atoms with Crippen LogP contribution < -0.4 is 5.32 Å². The van der Waals surface area contributed by atoms with Gasteiger partial charge in [-0.3, -0.25) is 9.89 Å². The molecule has 1 saturated carbocycles. The molecule has 1 aliphatic carbocycles. The number of guanidine groups is 1. The molecular weight excluding hydrogens is 320 g/mol. The van der Waals surface area contributed by atoms with E-state index in [2.05, 4.69) is 59.3 Å². The molecule has 4 nitrogen and oxygen atoms in total. The maximum atomic E-state index is 4.80. The third-order valence-corrected chi connectivity index (χ3v) is 6.44. The number of aliphatic imine (C=N–C) groups is 1. The number of nitrogens with one attached hydrogen (secondary N) is 1. The first kappa shape index (κ1) is 17.8. The minimum atomic E-state index is 0.652. The average molecular weight is 355 g/mol. The first-order chi connectivity index (χ1) is 12.7. The second-order valence-electron chi connectivity index (χ2n) is 8.42. The van der Waals surface area contributed by atoms with Gasteiger partial charge in [-0.1, -0.05) is 37.3 Å². The molecule has 4 atom stereocenters. The molecule has 4 heteroatoms. The fourth-order valence-corrected chi connectivity index (χ4v) is 4.79. The lowest BCUT2D eigenvalue weighted by atomic mass is 9.83. The summed E-state index contributed by atoms with van der Waals surface area (Å²) in [5, 5.41) is 3.72. The third-order valence-electron chi connectivity index (χ3n) is 6.44. The standard InChI is InChI=1S/C22H34N4/c1-3-23-22(24-20-14-17(20)2)26-13-11-21-19(16-26)10-7-12-25(21)15-18-8-5-4-6-9-18/h4-6,8-9,17,19-21H,3,7,10-16H2,1-2H3,(H,23,24). The molecule has 0 aromatic heterocycles. The number of piperidine rings is 2. The van der Waals surface area contributed by atoms with Crippen molar-refractivity contribution in [3.8, 4) is 0 Å². The van der Waals surface area contributed by atoms with Crippen LogP contribution in [0.4, 0.5) is 0 Å². The highest BCUT2D eigenvalue weighted by molar-refractivity contribution is 5.80. The first-order valence-corrected chi connectivity index (χ1v) is 10.6.